The van der Waals surface area contributed by atoms with Crippen LogP contribution in [-0.4, -0.2) is 26.0 Å². The Hall–Kier alpha value is -2.48. The van der Waals surface area contributed by atoms with Crippen molar-refractivity contribution >= 4 is 32.8 Å². The van der Waals surface area contributed by atoms with Gasteiger partial charge in [-0.25, -0.2) is 9.07 Å². The first-order chi connectivity index (χ1) is 10.1. The van der Waals surface area contributed by atoms with Gasteiger partial charge in [0, 0.05) is 5.56 Å². The van der Waals surface area contributed by atoms with E-state index in [-0.39, 0.29) is 21.6 Å². The van der Waals surface area contributed by atoms with E-state index in [1.807, 2.05) is 12.1 Å². The van der Waals surface area contributed by atoms with E-state index < -0.39 is 5.82 Å². The predicted octanol–water partition coefficient (Wildman–Crippen LogP) is 2.42. The van der Waals surface area contributed by atoms with Crippen LogP contribution in [0.3, 0.4) is 0 Å². The second kappa shape index (κ2) is 5.13. The van der Waals surface area contributed by atoms with E-state index in [1.165, 1.54) is 16.8 Å². The van der Waals surface area contributed by atoms with E-state index in [0.717, 1.165) is 0 Å². The Balaban J connectivity index is 2.22. The van der Waals surface area contributed by atoms with Crippen molar-refractivity contribution in [2.45, 2.75) is 0 Å². The minimum absolute atomic E-state index is 0.0925. The van der Waals surface area contributed by atoms with Crippen LogP contribution in [0.5, 0.6) is 0 Å². The summed E-state index contributed by atoms with van der Waals surface area (Å²) < 4.78 is 16.0. The van der Waals surface area contributed by atoms with E-state index in [9.17, 15) is 4.39 Å². The van der Waals surface area contributed by atoms with E-state index in [0.29, 0.717) is 11.0 Å². The molecule has 0 aliphatic carbocycles. The van der Waals surface area contributed by atoms with Gasteiger partial charge in [-0.05, 0) is 40.2 Å². The van der Waals surface area contributed by atoms with Crippen molar-refractivity contribution in [3.63, 3.8) is 0 Å². The molecule has 0 saturated heterocycles. The van der Waals surface area contributed by atoms with Gasteiger partial charge in [0.15, 0.2) is 11.7 Å². The molecule has 3 N–H and O–H groups in total. The quantitative estimate of drug-likeness (QED) is 0.322. The van der Waals surface area contributed by atoms with Crippen LogP contribution < -0.4 is 5.73 Å². The Morgan fingerprint density at radius 1 is 1.29 bits per heavy atom. The molecule has 106 valence electrons. The fourth-order valence-electron chi connectivity index (χ4n) is 2.00. The lowest BCUT2D eigenvalue weighted by molar-refractivity contribution is 0.318. The van der Waals surface area contributed by atoms with Gasteiger partial charge in [0.25, 0.3) is 0 Å². The van der Waals surface area contributed by atoms with Gasteiger partial charge < -0.3 is 10.9 Å². The molecule has 6 nitrogen and oxygen atoms in total. The van der Waals surface area contributed by atoms with Crippen LogP contribution >= 0.6 is 15.9 Å². The molecule has 0 aliphatic heterocycles. The molecule has 0 amide bonds. The maximum atomic E-state index is 14.5. The van der Waals surface area contributed by atoms with Crippen molar-refractivity contribution in [1.82, 2.24) is 15.0 Å². The average molecular weight is 350 g/mol. The first kappa shape index (κ1) is 13.5. The van der Waals surface area contributed by atoms with E-state index in [4.69, 9.17) is 10.9 Å². The van der Waals surface area contributed by atoms with Crippen LogP contribution in [0.25, 0.3) is 16.7 Å². The third-order valence-electron chi connectivity index (χ3n) is 3.03. The molecule has 0 atom stereocenters. The number of nitrogens with two attached hydrogens (primary N) is 1. The Labute approximate surface area is 126 Å². The fraction of sp³-hybridized carbons (Fsp3) is 0. The Kier molecular flexibility index (Phi) is 3.30. The monoisotopic (exact) mass is 349 g/mol. The molecule has 21 heavy (non-hydrogen) atoms. The Morgan fingerprint density at radius 2 is 2.05 bits per heavy atom. The number of para-hydroxylation sites is 1. The minimum Gasteiger partial charge on any atom is -0.409 e. The zero-order valence-corrected chi connectivity index (χ0v) is 12.1. The standard InChI is InChI=1S/C13H9BrFN5O/c14-11-7(13(16)18-21)5-6-10(12(11)15)20-9-4-2-1-3-8(9)17-19-20/h1-6,21H,(H2,16,18). The van der Waals surface area contributed by atoms with Crippen LogP contribution in [0.2, 0.25) is 0 Å². The number of aromatic nitrogens is 3. The van der Waals surface area contributed by atoms with Gasteiger partial charge >= 0.3 is 0 Å². The molecular weight excluding hydrogens is 341 g/mol. The molecule has 1 aromatic heterocycles. The van der Waals surface area contributed by atoms with Crippen molar-refractivity contribution in [2.24, 2.45) is 10.9 Å². The van der Waals surface area contributed by atoms with Crippen molar-refractivity contribution < 1.29 is 9.60 Å². The highest BCUT2D eigenvalue weighted by Crippen LogP contribution is 2.27. The van der Waals surface area contributed by atoms with Crippen molar-refractivity contribution in [3.8, 4) is 5.69 Å². The van der Waals surface area contributed by atoms with Gasteiger partial charge in [0.1, 0.15) is 11.2 Å². The summed E-state index contributed by atoms with van der Waals surface area (Å²) in [6, 6.07) is 10.3. The predicted molar refractivity (Wildman–Crippen MR) is 79.0 cm³/mol. The van der Waals surface area contributed by atoms with Crippen LogP contribution in [-0.2, 0) is 0 Å². The van der Waals surface area contributed by atoms with E-state index in [2.05, 4.69) is 31.4 Å². The SMILES string of the molecule is N/C(=N/O)c1ccc(-n2nnc3ccccc32)c(F)c1Br. The average Bonchev–Trinajstić information content (AvgIpc) is 2.93. The largest absolute Gasteiger partial charge is 0.409 e. The molecule has 0 unspecified atom stereocenters. The van der Waals surface area contributed by atoms with Crippen molar-refractivity contribution in [1.29, 1.82) is 0 Å². The van der Waals surface area contributed by atoms with Gasteiger partial charge in [-0.3, -0.25) is 0 Å². The second-order valence-corrected chi connectivity index (χ2v) is 5.03. The second-order valence-electron chi connectivity index (χ2n) is 4.24. The maximum absolute atomic E-state index is 14.5. The summed E-state index contributed by atoms with van der Waals surface area (Å²) >= 11 is 3.11. The number of halogens is 2. The molecule has 3 aromatic rings. The first-order valence-electron chi connectivity index (χ1n) is 5.90. The van der Waals surface area contributed by atoms with Gasteiger partial charge in [-0.1, -0.05) is 22.5 Å². The molecule has 0 bridgehead atoms. The number of rotatable bonds is 2. The zero-order chi connectivity index (χ0) is 15.0. The summed E-state index contributed by atoms with van der Waals surface area (Å²) in [6.45, 7) is 0. The summed E-state index contributed by atoms with van der Waals surface area (Å²) in [5.41, 5.74) is 7.30. The summed E-state index contributed by atoms with van der Waals surface area (Å²) in [4.78, 5) is 0. The smallest absolute Gasteiger partial charge is 0.171 e. The normalized spacial score (nSPS) is 12.0. The molecule has 0 radical (unpaired) electrons. The lowest BCUT2D eigenvalue weighted by atomic mass is 10.2. The maximum Gasteiger partial charge on any atom is 0.171 e. The van der Waals surface area contributed by atoms with Gasteiger partial charge in [-0.15, -0.1) is 5.10 Å². The van der Waals surface area contributed by atoms with Gasteiger partial charge in [0.2, 0.25) is 0 Å². The Morgan fingerprint density at radius 3 is 2.81 bits per heavy atom. The number of nitrogens with zero attached hydrogens (tertiary/aromatic N) is 4. The molecule has 0 aliphatic rings. The zero-order valence-electron chi connectivity index (χ0n) is 10.5. The highest BCUT2D eigenvalue weighted by molar-refractivity contribution is 9.10. The van der Waals surface area contributed by atoms with Crippen LogP contribution in [0, 0.1) is 5.82 Å². The minimum atomic E-state index is -0.574. The van der Waals surface area contributed by atoms with Crippen LogP contribution in [0.1, 0.15) is 5.56 Å². The third kappa shape index (κ3) is 2.13. The number of fused-ring (bicyclic) bond motifs is 1. The molecule has 8 heteroatoms. The number of oxime groups is 1. The summed E-state index contributed by atoms with van der Waals surface area (Å²) in [7, 11) is 0. The first-order valence-corrected chi connectivity index (χ1v) is 6.69. The highest BCUT2D eigenvalue weighted by Gasteiger charge is 2.17. The topological polar surface area (TPSA) is 89.3 Å². The molecule has 0 spiro atoms. The number of benzene rings is 2. The van der Waals surface area contributed by atoms with Crippen LogP contribution in [0.15, 0.2) is 46.0 Å². The van der Waals surface area contributed by atoms with E-state index in [1.54, 1.807) is 12.1 Å². The number of amidine groups is 1. The van der Waals surface area contributed by atoms with Gasteiger partial charge in [-0.2, -0.15) is 0 Å². The number of hydrogen-bond donors (Lipinski definition) is 2. The molecule has 2 aromatic carbocycles. The fourth-order valence-corrected chi connectivity index (χ4v) is 2.54. The van der Waals surface area contributed by atoms with Crippen molar-refractivity contribution in [2.75, 3.05) is 0 Å². The molecule has 1 heterocycles. The van der Waals surface area contributed by atoms with E-state index >= 15 is 0 Å². The van der Waals surface area contributed by atoms with Crippen molar-refractivity contribution in [3.05, 3.63) is 52.3 Å². The molecular formula is C13H9BrFN5O. The number of hydrogen-bond acceptors (Lipinski definition) is 4. The Bertz CT molecular complexity index is 861. The molecule has 0 fully saturated rings. The molecule has 3 rings (SSSR count). The highest BCUT2D eigenvalue weighted by atomic mass is 79.9. The van der Waals surface area contributed by atoms with Crippen LogP contribution in [0.4, 0.5) is 4.39 Å². The third-order valence-corrected chi connectivity index (χ3v) is 3.80. The summed E-state index contributed by atoms with van der Waals surface area (Å²) in [5.74, 6) is -0.759. The van der Waals surface area contributed by atoms with Gasteiger partial charge in [0.05, 0.1) is 9.99 Å². The summed E-state index contributed by atoms with van der Waals surface area (Å²) in [5, 5.41) is 19.5. The molecule has 0 saturated carbocycles. The lowest BCUT2D eigenvalue weighted by Crippen LogP contribution is -2.15. The lowest BCUT2D eigenvalue weighted by Gasteiger charge is -2.09. The summed E-state index contributed by atoms with van der Waals surface area (Å²) in [6.07, 6.45) is 0.